The SMILES string of the molecule is Cc1oncc1CN1CCOC[C@@H]1[C@H]1CCC[C@H]1O. The highest BCUT2D eigenvalue weighted by atomic mass is 16.5. The van der Waals surface area contributed by atoms with Gasteiger partial charge in [-0.1, -0.05) is 11.6 Å². The van der Waals surface area contributed by atoms with Crippen LogP contribution in [-0.4, -0.2) is 47.1 Å². The largest absolute Gasteiger partial charge is 0.393 e. The number of nitrogens with zero attached hydrogens (tertiary/aromatic N) is 2. The van der Waals surface area contributed by atoms with Gasteiger partial charge in [0.25, 0.3) is 0 Å². The summed E-state index contributed by atoms with van der Waals surface area (Å²) in [4.78, 5) is 2.42. The van der Waals surface area contributed by atoms with Crippen molar-refractivity contribution in [1.29, 1.82) is 0 Å². The Kier molecular flexibility index (Phi) is 3.86. The minimum Gasteiger partial charge on any atom is -0.393 e. The van der Waals surface area contributed by atoms with Gasteiger partial charge < -0.3 is 14.4 Å². The smallest absolute Gasteiger partial charge is 0.138 e. The molecule has 5 heteroatoms. The Hall–Kier alpha value is -0.910. The third-order valence-corrected chi connectivity index (χ3v) is 4.53. The van der Waals surface area contributed by atoms with E-state index in [4.69, 9.17) is 9.26 Å². The lowest BCUT2D eigenvalue weighted by atomic mass is 9.94. The molecule has 3 atom stereocenters. The van der Waals surface area contributed by atoms with Gasteiger partial charge in [0.05, 0.1) is 25.5 Å². The molecule has 1 aliphatic heterocycles. The summed E-state index contributed by atoms with van der Waals surface area (Å²) < 4.78 is 10.8. The number of aryl methyl sites for hydroxylation is 1. The highest BCUT2D eigenvalue weighted by molar-refractivity contribution is 5.11. The van der Waals surface area contributed by atoms with E-state index in [1.54, 1.807) is 6.20 Å². The lowest BCUT2D eigenvalue weighted by molar-refractivity contribution is -0.0537. The van der Waals surface area contributed by atoms with Crippen LogP contribution in [-0.2, 0) is 11.3 Å². The minimum atomic E-state index is -0.169. The molecule has 1 aromatic heterocycles. The van der Waals surface area contributed by atoms with Gasteiger partial charge in [-0.25, -0.2) is 0 Å². The average molecular weight is 266 g/mol. The number of aromatic nitrogens is 1. The number of morpholine rings is 1. The molecular weight excluding hydrogens is 244 g/mol. The summed E-state index contributed by atoms with van der Waals surface area (Å²) >= 11 is 0. The zero-order chi connectivity index (χ0) is 13.2. The standard InChI is InChI=1S/C14H22N2O3/c1-10-11(7-15-19-10)8-16-5-6-18-9-13(16)12-3-2-4-14(12)17/h7,12-14,17H,2-6,8-9H2,1H3/t12-,13-,14-/m1/s1. The van der Waals surface area contributed by atoms with Crippen molar-refractivity contribution < 1.29 is 14.4 Å². The minimum absolute atomic E-state index is 0.169. The summed E-state index contributed by atoms with van der Waals surface area (Å²) in [6.45, 7) is 5.20. The molecule has 5 nitrogen and oxygen atoms in total. The Labute approximate surface area is 113 Å². The van der Waals surface area contributed by atoms with Crippen molar-refractivity contribution in [1.82, 2.24) is 10.1 Å². The quantitative estimate of drug-likeness (QED) is 0.894. The first-order valence-corrected chi connectivity index (χ1v) is 7.15. The van der Waals surface area contributed by atoms with Crippen LogP contribution in [0.2, 0.25) is 0 Å². The van der Waals surface area contributed by atoms with Crippen LogP contribution in [0.3, 0.4) is 0 Å². The van der Waals surface area contributed by atoms with E-state index in [0.29, 0.717) is 12.0 Å². The highest BCUT2D eigenvalue weighted by Crippen LogP contribution is 2.32. The van der Waals surface area contributed by atoms with Crippen molar-refractivity contribution in [2.75, 3.05) is 19.8 Å². The van der Waals surface area contributed by atoms with E-state index in [-0.39, 0.29) is 6.10 Å². The van der Waals surface area contributed by atoms with Gasteiger partial charge in [-0.2, -0.15) is 0 Å². The first-order chi connectivity index (χ1) is 9.25. The third-order valence-electron chi connectivity index (χ3n) is 4.53. The van der Waals surface area contributed by atoms with Crippen LogP contribution in [0.1, 0.15) is 30.6 Å². The van der Waals surface area contributed by atoms with Gasteiger partial charge in [0, 0.05) is 30.6 Å². The van der Waals surface area contributed by atoms with Crippen LogP contribution in [0.5, 0.6) is 0 Å². The molecule has 0 spiro atoms. The van der Waals surface area contributed by atoms with E-state index in [0.717, 1.165) is 56.9 Å². The summed E-state index contributed by atoms with van der Waals surface area (Å²) in [7, 11) is 0. The van der Waals surface area contributed by atoms with Crippen molar-refractivity contribution in [3.8, 4) is 0 Å². The van der Waals surface area contributed by atoms with Crippen molar-refractivity contribution >= 4 is 0 Å². The predicted octanol–water partition coefficient (Wildman–Crippen LogP) is 1.34. The van der Waals surface area contributed by atoms with E-state index in [9.17, 15) is 5.11 Å². The van der Waals surface area contributed by atoms with Crippen molar-refractivity contribution in [2.45, 2.75) is 44.9 Å². The maximum absolute atomic E-state index is 10.1. The van der Waals surface area contributed by atoms with E-state index in [1.807, 2.05) is 6.92 Å². The molecule has 0 aromatic carbocycles. The molecule has 0 bridgehead atoms. The summed E-state index contributed by atoms with van der Waals surface area (Å²) in [5.41, 5.74) is 1.14. The van der Waals surface area contributed by atoms with Crippen LogP contribution in [0.15, 0.2) is 10.7 Å². The number of hydrogen-bond acceptors (Lipinski definition) is 5. The molecule has 0 radical (unpaired) electrons. The molecule has 0 amide bonds. The van der Waals surface area contributed by atoms with E-state index in [2.05, 4.69) is 10.1 Å². The molecule has 19 heavy (non-hydrogen) atoms. The van der Waals surface area contributed by atoms with Gasteiger partial charge in [-0.15, -0.1) is 0 Å². The number of hydrogen-bond donors (Lipinski definition) is 1. The molecule has 1 saturated carbocycles. The second-order valence-corrected chi connectivity index (χ2v) is 5.68. The van der Waals surface area contributed by atoms with E-state index >= 15 is 0 Å². The molecule has 2 heterocycles. The van der Waals surface area contributed by atoms with Crippen LogP contribution in [0.25, 0.3) is 0 Å². The Bertz CT molecular complexity index is 421. The average Bonchev–Trinajstić information content (AvgIpc) is 3.00. The fraction of sp³-hybridized carbons (Fsp3) is 0.786. The molecule has 0 unspecified atom stereocenters. The predicted molar refractivity (Wildman–Crippen MR) is 69.6 cm³/mol. The van der Waals surface area contributed by atoms with Gasteiger partial charge in [0.1, 0.15) is 5.76 Å². The third kappa shape index (κ3) is 2.68. The summed E-state index contributed by atoms with van der Waals surface area (Å²) in [5, 5.41) is 14.0. The summed E-state index contributed by atoms with van der Waals surface area (Å²) in [5.74, 6) is 1.23. The maximum atomic E-state index is 10.1. The maximum Gasteiger partial charge on any atom is 0.138 e. The molecule has 1 aliphatic carbocycles. The normalized spacial score (nSPS) is 32.8. The second-order valence-electron chi connectivity index (χ2n) is 5.68. The molecule has 106 valence electrons. The molecule has 2 fully saturated rings. The van der Waals surface area contributed by atoms with Crippen molar-refractivity contribution in [3.05, 3.63) is 17.5 Å². The number of ether oxygens (including phenoxy) is 1. The topological polar surface area (TPSA) is 58.7 Å². The lowest BCUT2D eigenvalue weighted by Crippen LogP contribution is -2.50. The monoisotopic (exact) mass is 266 g/mol. The van der Waals surface area contributed by atoms with Crippen LogP contribution >= 0.6 is 0 Å². The molecular formula is C14H22N2O3. The van der Waals surface area contributed by atoms with E-state index in [1.165, 1.54) is 0 Å². The van der Waals surface area contributed by atoms with Gasteiger partial charge in [0.2, 0.25) is 0 Å². The van der Waals surface area contributed by atoms with Crippen LogP contribution in [0, 0.1) is 12.8 Å². The molecule has 1 saturated heterocycles. The molecule has 2 aliphatic rings. The van der Waals surface area contributed by atoms with E-state index < -0.39 is 0 Å². The zero-order valence-corrected chi connectivity index (χ0v) is 11.4. The van der Waals surface area contributed by atoms with Crippen molar-refractivity contribution in [2.24, 2.45) is 5.92 Å². The second kappa shape index (κ2) is 5.61. The number of aliphatic hydroxyl groups excluding tert-OH is 1. The Morgan fingerprint density at radius 3 is 3.05 bits per heavy atom. The zero-order valence-electron chi connectivity index (χ0n) is 11.4. The van der Waals surface area contributed by atoms with Gasteiger partial charge in [-0.05, 0) is 19.8 Å². The first kappa shape index (κ1) is 13.1. The van der Waals surface area contributed by atoms with Crippen LogP contribution < -0.4 is 0 Å². The lowest BCUT2D eigenvalue weighted by Gasteiger charge is -2.39. The van der Waals surface area contributed by atoms with Gasteiger partial charge in [0.15, 0.2) is 0 Å². The summed E-state index contributed by atoms with van der Waals surface area (Å²) in [6, 6.07) is 0.320. The molecule has 1 aromatic rings. The Balaban J connectivity index is 1.72. The highest BCUT2D eigenvalue weighted by Gasteiger charge is 2.37. The first-order valence-electron chi connectivity index (χ1n) is 7.15. The Morgan fingerprint density at radius 2 is 2.37 bits per heavy atom. The molecule has 1 N–H and O–H groups in total. The fourth-order valence-electron chi connectivity index (χ4n) is 3.36. The van der Waals surface area contributed by atoms with Gasteiger partial charge in [-0.3, -0.25) is 4.90 Å². The Morgan fingerprint density at radius 1 is 1.47 bits per heavy atom. The van der Waals surface area contributed by atoms with Crippen molar-refractivity contribution in [3.63, 3.8) is 0 Å². The fourth-order valence-corrected chi connectivity index (χ4v) is 3.36. The number of rotatable bonds is 3. The summed E-state index contributed by atoms with van der Waals surface area (Å²) in [6.07, 6.45) is 4.79. The molecule has 3 rings (SSSR count). The van der Waals surface area contributed by atoms with Gasteiger partial charge >= 0.3 is 0 Å². The van der Waals surface area contributed by atoms with Crippen LogP contribution in [0.4, 0.5) is 0 Å². The number of aliphatic hydroxyl groups is 1.